The summed E-state index contributed by atoms with van der Waals surface area (Å²) in [7, 11) is -4.03. The maximum Gasteiger partial charge on any atom is 0.402 e. The van der Waals surface area contributed by atoms with Gasteiger partial charge in [0.2, 0.25) is 0 Å². The van der Waals surface area contributed by atoms with Crippen molar-refractivity contribution in [3.63, 3.8) is 0 Å². The van der Waals surface area contributed by atoms with Crippen molar-refractivity contribution in [2.75, 3.05) is 26.2 Å². The zero-order valence-electron chi connectivity index (χ0n) is 8.50. The molecule has 0 aromatic rings. The summed E-state index contributed by atoms with van der Waals surface area (Å²) in [5.41, 5.74) is 5.36. The van der Waals surface area contributed by atoms with Gasteiger partial charge in [-0.25, -0.2) is 0 Å². The molecule has 0 spiro atoms. The van der Waals surface area contributed by atoms with E-state index in [1.54, 1.807) is 0 Å². The highest BCUT2D eigenvalue weighted by Gasteiger charge is 2.34. The molecule has 1 heterocycles. The minimum absolute atomic E-state index is 0.0301. The Morgan fingerprint density at radius 3 is 2.50 bits per heavy atom. The third-order valence-electron chi connectivity index (χ3n) is 2.38. The summed E-state index contributed by atoms with van der Waals surface area (Å²) in [5.74, 6) is 0.0301. The van der Waals surface area contributed by atoms with Crippen molar-refractivity contribution in [3.05, 3.63) is 0 Å². The number of nitrogens with one attached hydrogen (secondary N) is 1. The minimum atomic E-state index is -4.54. The van der Waals surface area contributed by atoms with Crippen molar-refractivity contribution in [2.45, 2.75) is 12.6 Å². The highest BCUT2D eigenvalue weighted by Crippen LogP contribution is 2.18. The van der Waals surface area contributed by atoms with Crippen LogP contribution in [0.5, 0.6) is 0 Å². The van der Waals surface area contributed by atoms with E-state index < -0.39 is 22.9 Å². The molecule has 5 nitrogen and oxygen atoms in total. The Morgan fingerprint density at radius 1 is 1.44 bits per heavy atom. The van der Waals surface area contributed by atoms with Gasteiger partial charge in [-0.05, 0) is 18.9 Å². The van der Waals surface area contributed by atoms with Gasteiger partial charge < -0.3 is 5.73 Å². The lowest BCUT2D eigenvalue weighted by atomic mass is 10.1. The second kappa shape index (κ2) is 4.86. The molecule has 1 atom stereocenters. The van der Waals surface area contributed by atoms with Gasteiger partial charge in [0, 0.05) is 13.1 Å². The summed E-state index contributed by atoms with van der Waals surface area (Å²) in [4.78, 5) is 0. The number of rotatable bonds is 4. The first kappa shape index (κ1) is 13.7. The van der Waals surface area contributed by atoms with Gasteiger partial charge in [-0.2, -0.15) is 30.6 Å². The molecule has 1 saturated heterocycles. The van der Waals surface area contributed by atoms with Crippen LogP contribution in [0.1, 0.15) is 6.42 Å². The van der Waals surface area contributed by atoms with Crippen LogP contribution in [0.3, 0.4) is 0 Å². The van der Waals surface area contributed by atoms with E-state index in [9.17, 15) is 21.6 Å². The smallest absolute Gasteiger partial charge is 0.330 e. The Balaban J connectivity index is 2.52. The molecular formula is C7H14F3N3O2S. The van der Waals surface area contributed by atoms with E-state index >= 15 is 0 Å². The Bertz CT molecular complexity index is 330. The molecule has 0 aromatic heterocycles. The van der Waals surface area contributed by atoms with Crippen LogP contribution in [0.4, 0.5) is 13.2 Å². The summed E-state index contributed by atoms with van der Waals surface area (Å²) >= 11 is 0. The van der Waals surface area contributed by atoms with Gasteiger partial charge in [0.05, 0.1) is 0 Å². The van der Waals surface area contributed by atoms with Crippen molar-refractivity contribution in [1.29, 1.82) is 0 Å². The van der Waals surface area contributed by atoms with Crippen LogP contribution in [0.2, 0.25) is 0 Å². The first-order valence-electron chi connectivity index (χ1n) is 4.76. The predicted octanol–water partition coefficient (Wildman–Crippen LogP) is -0.336. The quantitative estimate of drug-likeness (QED) is 0.727. The molecule has 16 heavy (non-hydrogen) atoms. The predicted molar refractivity (Wildman–Crippen MR) is 51.7 cm³/mol. The van der Waals surface area contributed by atoms with E-state index in [4.69, 9.17) is 5.73 Å². The van der Waals surface area contributed by atoms with E-state index in [1.807, 2.05) is 0 Å². The van der Waals surface area contributed by atoms with Crippen LogP contribution in [0.25, 0.3) is 0 Å². The van der Waals surface area contributed by atoms with Crippen LogP contribution < -0.4 is 10.5 Å². The Hall–Kier alpha value is -0.380. The number of nitrogens with zero attached hydrogens (tertiary/aromatic N) is 1. The standard InChI is InChI=1S/C7H14F3N3O2S/c8-7(9,10)5-12-16(14,15)13-2-1-6(3-11)4-13/h6,12H,1-5,11H2. The first-order chi connectivity index (χ1) is 7.24. The first-order valence-corrected chi connectivity index (χ1v) is 6.20. The molecule has 96 valence electrons. The Kier molecular flexibility index (Phi) is 4.16. The number of halogens is 3. The van der Waals surface area contributed by atoms with Gasteiger partial charge in [-0.1, -0.05) is 0 Å². The van der Waals surface area contributed by atoms with E-state index in [1.165, 1.54) is 4.72 Å². The fraction of sp³-hybridized carbons (Fsp3) is 1.00. The van der Waals surface area contributed by atoms with E-state index in [-0.39, 0.29) is 19.0 Å². The molecule has 9 heteroatoms. The Morgan fingerprint density at radius 2 is 2.06 bits per heavy atom. The molecule has 0 bridgehead atoms. The molecule has 0 radical (unpaired) electrons. The SMILES string of the molecule is NCC1CCN(S(=O)(=O)NCC(F)(F)F)C1. The minimum Gasteiger partial charge on any atom is -0.330 e. The molecule has 0 saturated carbocycles. The van der Waals surface area contributed by atoms with Crippen molar-refractivity contribution in [2.24, 2.45) is 11.7 Å². The summed E-state index contributed by atoms with van der Waals surface area (Å²) in [6.45, 7) is -0.802. The van der Waals surface area contributed by atoms with Crippen molar-refractivity contribution in [1.82, 2.24) is 9.03 Å². The van der Waals surface area contributed by atoms with Crippen LogP contribution >= 0.6 is 0 Å². The summed E-state index contributed by atoms with van der Waals surface area (Å²) in [5, 5.41) is 0. The Labute approximate surface area is 92.0 Å². The fourth-order valence-electron chi connectivity index (χ4n) is 1.47. The fourth-order valence-corrected chi connectivity index (χ4v) is 2.75. The number of nitrogens with two attached hydrogens (primary N) is 1. The lowest BCUT2D eigenvalue weighted by molar-refractivity contribution is -0.121. The topological polar surface area (TPSA) is 75.4 Å². The summed E-state index contributed by atoms with van der Waals surface area (Å²) < 4.78 is 60.9. The highest BCUT2D eigenvalue weighted by atomic mass is 32.2. The lowest BCUT2D eigenvalue weighted by Crippen LogP contribution is -2.43. The summed E-state index contributed by atoms with van der Waals surface area (Å²) in [6, 6.07) is 0. The maximum atomic E-state index is 11.9. The third kappa shape index (κ3) is 3.89. The zero-order valence-corrected chi connectivity index (χ0v) is 9.31. The van der Waals surface area contributed by atoms with E-state index in [2.05, 4.69) is 0 Å². The molecule has 0 amide bonds. The average molecular weight is 261 g/mol. The molecule has 0 aliphatic carbocycles. The van der Waals surface area contributed by atoms with Gasteiger partial charge in [-0.15, -0.1) is 0 Å². The van der Waals surface area contributed by atoms with Gasteiger partial charge in [0.1, 0.15) is 6.54 Å². The molecule has 1 aliphatic heterocycles. The van der Waals surface area contributed by atoms with Gasteiger partial charge in [0.15, 0.2) is 0 Å². The van der Waals surface area contributed by atoms with Gasteiger partial charge >= 0.3 is 6.18 Å². The highest BCUT2D eigenvalue weighted by molar-refractivity contribution is 7.87. The second-order valence-electron chi connectivity index (χ2n) is 3.69. The van der Waals surface area contributed by atoms with Crippen LogP contribution in [0.15, 0.2) is 0 Å². The van der Waals surface area contributed by atoms with Crippen molar-refractivity contribution >= 4 is 10.2 Å². The van der Waals surface area contributed by atoms with Crippen molar-refractivity contribution in [3.8, 4) is 0 Å². The maximum absolute atomic E-state index is 11.9. The van der Waals surface area contributed by atoms with Crippen LogP contribution in [-0.4, -0.2) is 45.1 Å². The molecule has 3 N–H and O–H groups in total. The normalized spacial score (nSPS) is 23.9. The molecular weight excluding hydrogens is 247 g/mol. The zero-order chi connectivity index (χ0) is 12.4. The third-order valence-corrected chi connectivity index (χ3v) is 3.90. The van der Waals surface area contributed by atoms with E-state index in [0.29, 0.717) is 13.0 Å². The molecule has 1 rings (SSSR count). The summed E-state index contributed by atoms with van der Waals surface area (Å²) in [6.07, 6.45) is -3.95. The average Bonchev–Trinajstić information content (AvgIpc) is 2.62. The number of alkyl halides is 3. The largest absolute Gasteiger partial charge is 0.402 e. The molecule has 0 aromatic carbocycles. The van der Waals surface area contributed by atoms with Crippen molar-refractivity contribution < 1.29 is 21.6 Å². The molecule has 1 unspecified atom stereocenters. The van der Waals surface area contributed by atoms with Crippen LogP contribution in [-0.2, 0) is 10.2 Å². The number of hydrogen-bond acceptors (Lipinski definition) is 3. The molecule has 1 fully saturated rings. The van der Waals surface area contributed by atoms with Crippen LogP contribution in [0, 0.1) is 5.92 Å². The van der Waals surface area contributed by atoms with Gasteiger partial charge in [0.25, 0.3) is 10.2 Å². The monoisotopic (exact) mass is 261 g/mol. The van der Waals surface area contributed by atoms with Gasteiger partial charge in [-0.3, -0.25) is 0 Å². The lowest BCUT2D eigenvalue weighted by Gasteiger charge is -2.17. The number of hydrogen-bond donors (Lipinski definition) is 2. The van der Waals surface area contributed by atoms with E-state index in [0.717, 1.165) is 4.31 Å². The second-order valence-corrected chi connectivity index (χ2v) is 5.44. The molecule has 1 aliphatic rings.